The third kappa shape index (κ3) is 20.4. The molecule has 0 bridgehead atoms. The minimum atomic E-state index is -4.81. The number of aryl methyl sites for hydroxylation is 1. The summed E-state index contributed by atoms with van der Waals surface area (Å²) in [5, 5.41) is 8.02. The molecule has 12 amide bonds. The summed E-state index contributed by atoms with van der Waals surface area (Å²) < 4.78 is 57.2. The van der Waals surface area contributed by atoms with E-state index in [1.807, 2.05) is 20.8 Å². The van der Waals surface area contributed by atoms with Gasteiger partial charge >= 0.3 is 6.18 Å². The van der Waals surface area contributed by atoms with Gasteiger partial charge in [0, 0.05) is 76.4 Å². The number of hydrogen-bond donors (Lipinski definition) is 3. The molecule has 2 aliphatic heterocycles. The molecule has 2 aromatic rings. The number of likely N-dealkylation sites (N-methyl/N-ethyl adjacent to an activating group) is 8. The van der Waals surface area contributed by atoms with Crippen molar-refractivity contribution in [1.82, 2.24) is 60.0 Å². The maximum atomic E-state index is 15.8. The van der Waals surface area contributed by atoms with Crippen LogP contribution in [0.1, 0.15) is 173 Å². The van der Waals surface area contributed by atoms with Crippen molar-refractivity contribution in [3.8, 4) is 0 Å². The Morgan fingerprint density at radius 1 is 0.667 bits per heavy atom. The molecule has 0 radical (unpaired) electrons. The van der Waals surface area contributed by atoms with Crippen molar-refractivity contribution in [2.75, 3.05) is 76.5 Å². The van der Waals surface area contributed by atoms with E-state index in [9.17, 15) is 46.7 Å². The van der Waals surface area contributed by atoms with E-state index in [1.165, 1.54) is 124 Å². The molecule has 2 heterocycles. The van der Waals surface area contributed by atoms with Gasteiger partial charge in [-0.15, -0.1) is 0 Å². The SMILES string of the molecule is CC[C@H](C)[C@@H]1NC(=O)[C@H](CC(C)C)N(C)C(=O)C[C@@H](C(=O)N(C)C)N(C)C(=O)[C@H](C2CCCC2)N(C)C(=O)C2(CCCC2)NC(=O)[C@H](Cc2cccc(F)c2)N(C)C(=O)[C@H](CCc2ccc(C(F)(F)F)c(Cl)c2)NC(=O)CN(C)C(=O)[C@H](CC2CCCCC2)N(C)C(=O)[C@@H]2CCN2C(=O)[C@H](C)N(C)C1=O. The zero-order valence-corrected chi connectivity index (χ0v) is 64.4. The third-order valence-corrected chi connectivity index (χ3v) is 23.1. The molecule has 7 rings (SSSR count). The number of nitrogens with one attached hydrogen (secondary N) is 3. The van der Waals surface area contributed by atoms with Crippen LogP contribution in [-0.2, 0) is 76.6 Å². The fraction of sp³-hybridized carbons (Fsp3) is 0.684. The highest BCUT2D eigenvalue weighted by atomic mass is 35.5. The highest BCUT2D eigenvalue weighted by molar-refractivity contribution is 6.31. The van der Waals surface area contributed by atoms with Crippen LogP contribution < -0.4 is 16.0 Å². The number of rotatable bonds is 13. The molecule has 2 aromatic carbocycles. The Balaban J connectivity index is 1.34. The van der Waals surface area contributed by atoms with Crippen LogP contribution >= 0.6 is 11.6 Å². The molecule has 29 heteroatoms. The number of hydrogen-bond acceptors (Lipinski definition) is 12. The van der Waals surface area contributed by atoms with Crippen LogP contribution in [0, 0.1) is 29.5 Å². The number of nitrogens with zero attached hydrogens (tertiary/aromatic N) is 9. The second-order valence-corrected chi connectivity index (χ2v) is 31.1. The van der Waals surface area contributed by atoms with Gasteiger partial charge in [-0.2, -0.15) is 13.2 Å². The first-order chi connectivity index (χ1) is 49.3. The number of halogens is 5. The van der Waals surface area contributed by atoms with Crippen molar-refractivity contribution in [3.63, 3.8) is 0 Å². The van der Waals surface area contributed by atoms with Crippen molar-refractivity contribution >= 4 is 82.5 Å². The highest BCUT2D eigenvalue weighted by Gasteiger charge is 2.52. The molecule has 1 spiro atoms. The maximum Gasteiger partial charge on any atom is 0.417 e. The summed E-state index contributed by atoms with van der Waals surface area (Å²) in [7, 11) is 12.7. The molecule has 0 aromatic heterocycles. The van der Waals surface area contributed by atoms with Crippen LogP contribution in [0.25, 0.3) is 0 Å². The van der Waals surface area contributed by atoms with Crippen LogP contribution in [-0.4, -0.2) is 251 Å². The van der Waals surface area contributed by atoms with Crippen molar-refractivity contribution in [1.29, 1.82) is 0 Å². The lowest BCUT2D eigenvalue weighted by atomic mass is 9.84. The Kier molecular flexibility index (Phi) is 29.4. The number of benzene rings is 2. The fourth-order valence-electron chi connectivity index (χ4n) is 15.7. The number of carbonyl (C=O) groups excluding carboxylic acids is 12. The third-order valence-electron chi connectivity index (χ3n) is 22.8. The van der Waals surface area contributed by atoms with Gasteiger partial charge in [-0.05, 0) is 124 Å². The predicted molar refractivity (Wildman–Crippen MR) is 386 cm³/mol. The monoisotopic (exact) mass is 1490 g/mol. The number of amides is 12. The second kappa shape index (κ2) is 36.6. The molecule has 2 saturated heterocycles. The van der Waals surface area contributed by atoms with Gasteiger partial charge in [-0.1, -0.05) is 122 Å². The quantitative estimate of drug-likeness (QED) is 0.174. The largest absolute Gasteiger partial charge is 0.417 e. The Labute approximate surface area is 620 Å². The minimum absolute atomic E-state index is 0.0159. The maximum absolute atomic E-state index is 15.8. The molecule has 5 aliphatic rings. The van der Waals surface area contributed by atoms with E-state index in [1.54, 1.807) is 6.92 Å². The first kappa shape index (κ1) is 84.4. The number of alkyl halides is 3. The van der Waals surface area contributed by atoms with Crippen LogP contribution in [0.3, 0.4) is 0 Å². The van der Waals surface area contributed by atoms with E-state index in [0.717, 1.165) is 65.0 Å². The molecule has 3 saturated carbocycles. The Hall–Kier alpha value is -7.91. The summed E-state index contributed by atoms with van der Waals surface area (Å²) in [6.45, 7) is 8.22. The van der Waals surface area contributed by atoms with E-state index < -0.39 is 178 Å². The highest BCUT2D eigenvalue weighted by Crippen LogP contribution is 2.39. The van der Waals surface area contributed by atoms with Gasteiger partial charge in [-0.25, -0.2) is 4.39 Å². The summed E-state index contributed by atoms with van der Waals surface area (Å²) in [5.41, 5.74) is -2.37. The normalized spacial score (nSPS) is 26.5. The smallest absolute Gasteiger partial charge is 0.347 e. The summed E-state index contributed by atoms with van der Waals surface area (Å²) in [4.78, 5) is 192. The molecule has 105 heavy (non-hydrogen) atoms. The van der Waals surface area contributed by atoms with E-state index in [-0.39, 0.29) is 80.9 Å². The van der Waals surface area contributed by atoms with Gasteiger partial charge in [0.05, 0.1) is 23.6 Å². The van der Waals surface area contributed by atoms with E-state index in [4.69, 9.17) is 11.6 Å². The van der Waals surface area contributed by atoms with Gasteiger partial charge in [0.2, 0.25) is 70.9 Å². The first-order valence-corrected chi connectivity index (χ1v) is 37.6. The minimum Gasteiger partial charge on any atom is -0.347 e. The lowest BCUT2D eigenvalue weighted by molar-refractivity contribution is -0.160. The molecule has 5 fully saturated rings. The van der Waals surface area contributed by atoms with Gasteiger partial charge < -0.3 is 60.0 Å². The molecular formula is C76H111ClF4N12O12. The van der Waals surface area contributed by atoms with Crippen LogP contribution in [0.4, 0.5) is 17.6 Å². The van der Waals surface area contributed by atoms with E-state index in [0.29, 0.717) is 44.9 Å². The summed E-state index contributed by atoms with van der Waals surface area (Å²) in [6.07, 6.45) is 2.16. The van der Waals surface area contributed by atoms with Crippen molar-refractivity contribution in [3.05, 3.63) is 70.0 Å². The number of carbonyl (C=O) groups is 12. The van der Waals surface area contributed by atoms with Crippen LogP contribution in [0.5, 0.6) is 0 Å². The fourth-order valence-corrected chi connectivity index (χ4v) is 16.0. The summed E-state index contributed by atoms with van der Waals surface area (Å²) >= 11 is 6.19. The van der Waals surface area contributed by atoms with Gasteiger partial charge in [-0.3, -0.25) is 57.5 Å². The molecule has 24 nitrogen and oxygen atoms in total. The van der Waals surface area contributed by atoms with Crippen molar-refractivity contribution in [2.24, 2.45) is 23.7 Å². The Bertz CT molecular complexity index is 3490. The van der Waals surface area contributed by atoms with Gasteiger partial charge in [0.25, 0.3) is 0 Å². The molecule has 582 valence electrons. The van der Waals surface area contributed by atoms with E-state index >= 15 is 28.4 Å². The zero-order chi connectivity index (χ0) is 77.9. The molecule has 3 aliphatic carbocycles. The number of fused-ring (bicyclic) bond motifs is 1. The molecular weight excluding hydrogens is 1380 g/mol. The lowest BCUT2D eigenvalue weighted by Gasteiger charge is -2.45. The average Bonchev–Trinajstić information content (AvgIpc) is 1.77. The predicted octanol–water partition coefficient (Wildman–Crippen LogP) is 6.86. The van der Waals surface area contributed by atoms with E-state index in [2.05, 4.69) is 16.0 Å². The zero-order valence-electron chi connectivity index (χ0n) is 63.6. The second-order valence-electron chi connectivity index (χ2n) is 30.7. The summed E-state index contributed by atoms with van der Waals surface area (Å²) in [6, 6.07) is -3.48. The average molecular weight is 1500 g/mol. The van der Waals surface area contributed by atoms with Crippen LogP contribution in [0.2, 0.25) is 5.02 Å². The Morgan fingerprint density at radius 3 is 1.87 bits per heavy atom. The standard InChI is InChI=1S/C76H111ClF4N12O12/c1-15-46(4)63-72(103)87(9)47(5)67(98)93-37-34-56(93)71(102)90(12)59(41-48-24-17-16-18-25-48)70(101)86(8)44-61(94)82-55(33-31-49-30-32-53(54(77)40-49)76(79,80)81)68(99)89(11)58(42-50-26-23-29-52(78)39-50)66(97)84-75(35-21-22-36-75)74(105)92(14)64(51-27-19-20-28-51)73(104)91(13)60(69(100)85(6)7)43-62(95)88(10)57(38-45(2)3)65(96)83-63/h23,26,29-30,32,39-40,45-48,51,55-60,63-64H,15-22,24-25,27-28,31,33-38,41-44H2,1-14H3,(H,82,94)(H,83,96)(H,84,97)/t46-,47-,55-,56-,57-,58-,59-,60-,63-,64-/m0/s1. The van der Waals surface area contributed by atoms with Crippen LogP contribution in [0.15, 0.2) is 42.5 Å². The van der Waals surface area contributed by atoms with Crippen molar-refractivity contribution in [2.45, 2.75) is 236 Å². The lowest BCUT2D eigenvalue weighted by Crippen LogP contribution is -2.65. The molecule has 10 atom stereocenters. The van der Waals surface area contributed by atoms with Gasteiger partial charge in [0.1, 0.15) is 65.7 Å². The first-order valence-electron chi connectivity index (χ1n) is 37.2. The van der Waals surface area contributed by atoms with Crippen molar-refractivity contribution < 1.29 is 75.1 Å². The molecule has 3 N–H and O–H groups in total. The summed E-state index contributed by atoms with van der Waals surface area (Å²) in [5.74, 6) is -10.4. The molecule has 0 unspecified atom stereocenters. The topological polar surface area (TPSA) is 270 Å². The Morgan fingerprint density at radius 2 is 1.30 bits per heavy atom. The van der Waals surface area contributed by atoms with Gasteiger partial charge in [0.15, 0.2) is 0 Å².